The molecule has 2 aromatic heterocycles. The van der Waals surface area contributed by atoms with Crippen LogP contribution in [0.15, 0.2) is 85.2 Å². The van der Waals surface area contributed by atoms with Crippen LogP contribution in [0, 0.1) is 11.6 Å². The minimum atomic E-state index is -3.94. The number of halogens is 3. The molecule has 226 valence electrons. The molecule has 44 heavy (non-hydrogen) atoms. The van der Waals surface area contributed by atoms with E-state index in [-0.39, 0.29) is 34.5 Å². The smallest absolute Gasteiger partial charge is 0.412 e. The van der Waals surface area contributed by atoms with E-state index in [1.807, 2.05) is 0 Å². The molecule has 0 aliphatic rings. The molecule has 13 heteroatoms. The Morgan fingerprint density at radius 3 is 2.43 bits per heavy atom. The lowest BCUT2D eigenvalue weighted by molar-refractivity contribution is 0.0730. The number of pyridine rings is 1. The fourth-order valence-corrected chi connectivity index (χ4v) is 5.71. The molecule has 1 N–H and O–H groups in total. The lowest BCUT2D eigenvalue weighted by atomic mass is 10.00. The van der Waals surface area contributed by atoms with E-state index in [0.717, 1.165) is 12.1 Å². The Morgan fingerprint density at radius 2 is 1.73 bits per heavy atom. The third-order valence-corrected chi connectivity index (χ3v) is 8.19. The molecule has 0 radical (unpaired) electrons. The number of carbonyl (C=O) groups is 2. The van der Waals surface area contributed by atoms with Crippen LogP contribution in [0.4, 0.5) is 19.3 Å². The van der Waals surface area contributed by atoms with Crippen LogP contribution >= 0.6 is 11.6 Å². The lowest BCUT2D eigenvalue weighted by Crippen LogP contribution is -2.18. The van der Waals surface area contributed by atoms with Crippen LogP contribution in [0.25, 0.3) is 22.2 Å². The number of hydrogen-bond donors (Lipinski definition) is 1. The van der Waals surface area contributed by atoms with Crippen LogP contribution < -0.4 is 9.46 Å². The molecule has 0 amide bonds. The first-order valence-electron chi connectivity index (χ1n) is 13.2. The normalized spacial score (nSPS) is 11.4. The van der Waals surface area contributed by atoms with Crippen LogP contribution in [-0.2, 0) is 21.5 Å². The molecule has 5 rings (SSSR count). The number of hydrogen-bond acceptors (Lipinski definition) is 7. The van der Waals surface area contributed by atoms with E-state index in [4.69, 9.17) is 21.1 Å². The van der Waals surface area contributed by atoms with Gasteiger partial charge in [0.25, 0.3) is 0 Å². The second-order valence-electron chi connectivity index (χ2n) is 9.59. The van der Waals surface area contributed by atoms with Gasteiger partial charge < -0.3 is 9.47 Å². The Labute approximate surface area is 256 Å². The first kappa shape index (κ1) is 30.6. The summed E-state index contributed by atoms with van der Waals surface area (Å²) in [5, 5.41) is 0.697. The Bertz CT molecular complexity index is 1970. The van der Waals surface area contributed by atoms with Gasteiger partial charge in [0.1, 0.15) is 17.2 Å². The van der Waals surface area contributed by atoms with Crippen LogP contribution in [0.1, 0.15) is 29.3 Å². The Kier molecular flexibility index (Phi) is 8.93. The second-order valence-corrected chi connectivity index (χ2v) is 11.9. The van der Waals surface area contributed by atoms with Gasteiger partial charge in [0.05, 0.1) is 22.6 Å². The summed E-state index contributed by atoms with van der Waals surface area (Å²) in [6.07, 6.45) is 1.98. The number of rotatable bonds is 10. The molecule has 0 bridgehead atoms. The number of ether oxygens (including phenoxy) is 2. The molecule has 5 aromatic rings. The predicted octanol–water partition coefficient (Wildman–Crippen LogP) is 7.19. The van der Waals surface area contributed by atoms with Crippen molar-refractivity contribution in [3.05, 3.63) is 113 Å². The van der Waals surface area contributed by atoms with Crippen molar-refractivity contribution in [2.24, 2.45) is 0 Å². The summed E-state index contributed by atoms with van der Waals surface area (Å²) >= 11 is 6.01. The molecule has 0 unspecified atom stereocenters. The van der Waals surface area contributed by atoms with Crippen molar-refractivity contribution in [2.75, 3.05) is 10.5 Å². The van der Waals surface area contributed by atoms with Crippen molar-refractivity contribution in [2.45, 2.75) is 20.1 Å². The third kappa shape index (κ3) is 6.71. The lowest BCUT2D eigenvalue weighted by Gasteiger charge is -2.11. The van der Waals surface area contributed by atoms with Gasteiger partial charge in [0.2, 0.25) is 15.8 Å². The van der Waals surface area contributed by atoms with Gasteiger partial charge in [-0.1, -0.05) is 48.9 Å². The zero-order valence-corrected chi connectivity index (χ0v) is 24.7. The summed E-state index contributed by atoms with van der Waals surface area (Å²) in [6, 6.07) is 18.3. The largest absolute Gasteiger partial charge is 0.515 e. The minimum absolute atomic E-state index is 0.166. The Hall–Kier alpha value is -4.81. The van der Waals surface area contributed by atoms with Crippen molar-refractivity contribution < 1.29 is 36.3 Å². The molecule has 3 aromatic carbocycles. The molecule has 0 aliphatic heterocycles. The summed E-state index contributed by atoms with van der Waals surface area (Å²) in [7, 11) is -3.94. The average molecular weight is 640 g/mol. The van der Waals surface area contributed by atoms with E-state index in [9.17, 15) is 18.0 Å². The maximum Gasteiger partial charge on any atom is 0.515 e. The van der Waals surface area contributed by atoms with Gasteiger partial charge >= 0.3 is 6.16 Å². The summed E-state index contributed by atoms with van der Waals surface area (Å²) in [5.74, 6) is -3.71. The number of para-hydroxylation sites is 1. The van der Waals surface area contributed by atoms with E-state index in [1.54, 1.807) is 67.6 Å². The standard InChI is InChI=1S/C31H24ClF2N3O6S/c1-2-14-44(40,41)36-26-13-12-25(33)27(28(26)34)29(38)24-17-37(18-42-31(39)43-22-6-4-3-5-7-22)30-23(24)15-20(16-35-30)19-8-10-21(32)11-9-19/h3-13,15-17,36H,2,14,18H2,1H3. The van der Waals surface area contributed by atoms with Crippen LogP contribution in [-0.4, -0.2) is 35.7 Å². The Morgan fingerprint density at radius 1 is 1.00 bits per heavy atom. The van der Waals surface area contributed by atoms with Gasteiger partial charge in [0, 0.05) is 28.4 Å². The van der Waals surface area contributed by atoms with Gasteiger partial charge in [-0.05, 0) is 54.4 Å². The summed E-state index contributed by atoms with van der Waals surface area (Å²) in [5.41, 5.74) is -0.287. The van der Waals surface area contributed by atoms with Crippen LogP contribution in [0.2, 0.25) is 5.02 Å². The zero-order chi connectivity index (χ0) is 31.4. The third-order valence-electron chi connectivity index (χ3n) is 6.46. The highest BCUT2D eigenvalue weighted by atomic mass is 35.5. The summed E-state index contributed by atoms with van der Waals surface area (Å²) in [4.78, 5) is 30.5. The molecule has 0 saturated heterocycles. The monoisotopic (exact) mass is 639 g/mol. The fraction of sp³-hybridized carbons (Fsp3) is 0.129. The van der Waals surface area contributed by atoms with Crippen molar-refractivity contribution >= 4 is 50.3 Å². The molecule has 0 atom stereocenters. The molecule has 0 fully saturated rings. The highest BCUT2D eigenvalue weighted by Gasteiger charge is 2.27. The number of benzene rings is 3. The van der Waals surface area contributed by atoms with E-state index >= 15 is 8.78 Å². The minimum Gasteiger partial charge on any atom is -0.412 e. The molecular formula is C31H24ClF2N3O6S. The number of sulfonamides is 1. The summed E-state index contributed by atoms with van der Waals surface area (Å²) in [6.45, 7) is 1.17. The van der Waals surface area contributed by atoms with Crippen LogP contribution in [0.3, 0.4) is 0 Å². The highest BCUT2D eigenvalue weighted by molar-refractivity contribution is 7.92. The van der Waals surface area contributed by atoms with E-state index < -0.39 is 51.6 Å². The summed E-state index contributed by atoms with van der Waals surface area (Å²) < 4.78 is 68.9. The number of nitrogens with zero attached hydrogens (tertiary/aromatic N) is 2. The SMILES string of the molecule is CCCS(=O)(=O)Nc1ccc(F)c(C(=O)c2cn(COC(=O)Oc3ccccc3)c3ncc(-c4ccc(Cl)cc4)cc23)c1F. The maximum absolute atomic E-state index is 15.6. The molecule has 2 heterocycles. The zero-order valence-electron chi connectivity index (χ0n) is 23.1. The van der Waals surface area contributed by atoms with Gasteiger partial charge in [-0.25, -0.2) is 27.0 Å². The number of ketones is 1. The maximum atomic E-state index is 15.6. The number of anilines is 1. The fourth-order valence-electron chi connectivity index (χ4n) is 4.45. The molecule has 9 nitrogen and oxygen atoms in total. The van der Waals surface area contributed by atoms with E-state index in [2.05, 4.69) is 9.71 Å². The van der Waals surface area contributed by atoms with Crippen molar-refractivity contribution in [1.29, 1.82) is 0 Å². The first-order chi connectivity index (χ1) is 21.1. The van der Waals surface area contributed by atoms with Crippen molar-refractivity contribution in [3.8, 4) is 16.9 Å². The second kappa shape index (κ2) is 12.8. The number of carbonyl (C=O) groups excluding carboxylic acids is 2. The number of aromatic nitrogens is 2. The predicted molar refractivity (Wildman–Crippen MR) is 161 cm³/mol. The first-order valence-corrected chi connectivity index (χ1v) is 15.3. The number of nitrogens with one attached hydrogen (secondary N) is 1. The van der Waals surface area contributed by atoms with Gasteiger partial charge in [0.15, 0.2) is 12.5 Å². The van der Waals surface area contributed by atoms with Crippen molar-refractivity contribution in [1.82, 2.24) is 9.55 Å². The van der Waals surface area contributed by atoms with Crippen LogP contribution in [0.5, 0.6) is 5.75 Å². The highest BCUT2D eigenvalue weighted by Crippen LogP contribution is 2.31. The molecular weight excluding hydrogens is 616 g/mol. The number of fused-ring (bicyclic) bond motifs is 1. The average Bonchev–Trinajstić information content (AvgIpc) is 3.36. The van der Waals surface area contributed by atoms with E-state index in [0.29, 0.717) is 16.1 Å². The molecule has 0 saturated carbocycles. The van der Waals surface area contributed by atoms with E-state index in [1.165, 1.54) is 17.0 Å². The molecule has 0 aliphatic carbocycles. The van der Waals surface area contributed by atoms with Gasteiger partial charge in [-0.2, -0.15) is 0 Å². The Balaban J connectivity index is 1.55. The topological polar surface area (TPSA) is 117 Å². The van der Waals surface area contributed by atoms with Gasteiger partial charge in [-0.15, -0.1) is 0 Å². The van der Waals surface area contributed by atoms with Crippen molar-refractivity contribution in [3.63, 3.8) is 0 Å². The van der Waals surface area contributed by atoms with Gasteiger partial charge in [-0.3, -0.25) is 14.1 Å². The molecule has 0 spiro atoms. The quantitative estimate of drug-likeness (QED) is 0.0976.